The molecule has 0 aromatic heterocycles. The first-order chi connectivity index (χ1) is 7.59. The van der Waals surface area contributed by atoms with Gasteiger partial charge in [0.15, 0.2) is 0 Å². The number of carbonyl (C=O) groups is 1. The van der Waals surface area contributed by atoms with Gasteiger partial charge in [-0.3, -0.25) is 4.79 Å². The molecule has 0 saturated heterocycles. The predicted molar refractivity (Wildman–Crippen MR) is 60.8 cm³/mol. The van der Waals surface area contributed by atoms with Crippen LogP contribution in [0.5, 0.6) is 0 Å². The molecule has 0 amide bonds. The van der Waals surface area contributed by atoms with Crippen LogP contribution in [0, 0.1) is 23.2 Å². The van der Waals surface area contributed by atoms with Gasteiger partial charge in [-0.25, -0.2) is 0 Å². The summed E-state index contributed by atoms with van der Waals surface area (Å²) in [5.41, 5.74) is 6.58. The summed E-state index contributed by atoms with van der Waals surface area (Å²) in [4.78, 5) is 10.8. The number of rotatable bonds is 3. The first-order valence-electron chi connectivity index (χ1n) is 6.56. The molecule has 3 heteroatoms. The van der Waals surface area contributed by atoms with Crippen LogP contribution in [0.25, 0.3) is 0 Å². The first kappa shape index (κ1) is 10.6. The molecule has 0 aromatic rings. The van der Waals surface area contributed by atoms with Crippen molar-refractivity contribution >= 4 is 5.97 Å². The number of hydrogen-bond acceptors (Lipinski definition) is 2. The lowest BCUT2D eigenvalue weighted by atomic mass is 9.46. The molecule has 3 N–H and O–H groups in total. The van der Waals surface area contributed by atoms with Gasteiger partial charge in [-0.15, -0.1) is 0 Å². The van der Waals surface area contributed by atoms with Crippen LogP contribution in [0.4, 0.5) is 0 Å². The molecule has 0 aromatic carbocycles. The van der Waals surface area contributed by atoms with Crippen molar-refractivity contribution in [2.45, 2.75) is 51.0 Å². The molecule has 4 saturated carbocycles. The second-order valence-electron chi connectivity index (χ2n) is 6.39. The predicted octanol–water partition coefficient (Wildman–Crippen LogP) is 2.00. The molecule has 3 unspecified atom stereocenters. The molecule has 0 spiro atoms. The Kier molecular flexibility index (Phi) is 2.29. The maximum Gasteiger partial charge on any atom is 0.303 e. The third-order valence-corrected chi connectivity index (χ3v) is 5.38. The lowest BCUT2D eigenvalue weighted by Crippen LogP contribution is -2.59. The van der Waals surface area contributed by atoms with E-state index >= 15 is 0 Å². The van der Waals surface area contributed by atoms with Crippen LogP contribution in [0.3, 0.4) is 0 Å². The van der Waals surface area contributed by atoms with Gasteiger partial charge in [-0.1, -0.05) is 0 Å². The van der Waals surface area contributed by atoms with Crippen molar-refractivity contribution in [3.05, 3.63) is 0 Å². The number of hydrogen-bond donors (Lipinski definition) is 2. The molecule has 4 aliphatic rings. The van der Waals surface area contributed by atoms with Crippen molar-refractivity contribution in [3.8, 4) is 0 Å². The average molecular weight is 223 g/mol. The van der Waals surface area contributed by atoms with Gasteiger partial charge in [0.05, 0.1) is 0 Å². The highest BCUT2D eigenvalue weighted by Crippen LogP contribution is 2.60. The third kappa shape index (κ3) is 1.48. The second-order valence-corrected chi connectivity index (χ2v) is 6.39. The lowest BCUT2D eigenvalue weighted by Gasteiger charge is -2.60. The molecule has 3 atom stereocenters. The van der Waals surface area contributed by atoms with Gasteiger partial charge in [0.2, 0.25) is 0 Å². The van der Waals surface area contributed by atoms with Crippen molar-refractivity contribution in [2.24, 2.45) is 28.9 Å². The zero-order valence-corrected chi connectivity index (χ0v) is 9.69. The molecular formula is C13H21NO2. The van der Waals surface area contributed by atoms with E-state index in [0.29, 0.717) is 12.3 Å². The molecule has 0 radical (unpaired) electrons. The van der Waals surface area contributed by atoms with Crippen molar-refractivity contribution in [3.63, 3.8) is 0 Å². The third-order valence-electron chi connectivity index (χ3n) is 5.38. The standard InChI is InChI=1S/C13H21NO2/c14-12-10-4-8-3-9(5-10)7-13(12,6-8)2-1-11(15)16/h8-10,12H,1-7,14H2,(H,15,16). The minimum atomic E-state index is -0.664. The number of carboxylic acid groups (broad SMARTS) is 1. The quantitative estimate of drug-likeness (QED) is 0.769. The minimum Gasteiger partial charge on any atom is -0.481 e. The monoisotopic (exact) mass is 223 g/mol. The van der Waals surface area contributed by atoms with Crippen LogP contribution in [-0.4, -0.2) is 17.1 Å². The van der Waals surface area contributed by atoms with Gasteiger partial charge in [-0.05, 0) is 61.7 Å². The summed E-state index contributed by atoms with van der Waals surface area (Å²) in [6, 6.07) is 0.277. The van der Waals surface area contributed by atoms with Gasteiger partial charge in [0, 0.05) is 12.5 Å². The van der Waals surface area contributed by atoms with E-state index in [1.807, 2.05) is 0 Å². The molecule has 90 valence electrons. The fraction of sp³-hybridized carbons (Fsp3) is 0.923. The lowest BCUT2D eigenvalue weighted by molar-refractivity contribution is -0.139. The number of nitrogens with two attached hydrogens (primary N) is 1. The normalized spacial score (nSPS) is 49.6. The van der Waals surface area contributed by atoms with E-state index in [4.69, 9.17) is 10.8 Å². The molecule has 4 aliphatic carbocycles. The molecule has 0 heterocycles. The van der Waals surface area contributed by atoms with E-state index in [2.05, 4.69) is 0 Å². The summed E-state index contributed by atoms with van der Waals surface area (Å²) in [5.74, 6) is 1.74. The van der Waals surface area contributed by atoms with E-state index in [9.17, 15) is 4.79 Å². The second kappa shape index (κ2) is 3.46. The van der Waals surface area contributed by atoms with Crippen molar-refractivity contribution < 1.29 is 9.90 Å². The van der Waals surface area contributed by atoms with Crippen molar-refractivity contribution in [1.82, 2.24) is 0 Å². The molecule has 4 rings (SSSR count). The zero-order chi connectivity index (χ0) is 11.3. The number of aliphatic carboxylic acids is 1. The van der Waals surface area contributed by atoms with Crippen LogP contribution in [0.2, 0.25) is 0 Å². The Bertz CT molecular complexity index is 301. The Balaban J connectivity index is 1.79. The summed E-state index contributed by atoms with van der Waals surface area (Å²) in [5, 5.41) is 8.86. The Morgan fingerprint density at radius 3 is 2.44 bits per heavy atom. The highest BCUT2D eigenvalue weighted by Gasteiger charge is 2.55. The summed E-state index contributed by atoms with van der Waals surface area (Å²) < 4.78 is 0. The van der Waals surface area contributed by atoms with Crippen LogP contribution < -0.4 is 5.73 Å². The fourth-order valence-electron chi connectivity index (χ4n) is 4.97. The van der Waals surface area contributed by atoms with E-state index < -0.39 is 5.97 Å². The van der Waals surface area contributed by atoms with Crippen molar-refractivity contribution in [1.29, 1.82) is 0 Å². The number of carboxylic acids is 1. The van der Waals surface area contributed by atoms with Crippen LogP contribution in [-0.2, 0) is 4.79 Å². The molecule has 4 fully saturated rings. The van der Waals surface area contributed by atoms with Gasteiger partial charge in [0.25, 0.3) is 0 Å². The van der Waals surface area contributed by atoms with E-state index in [1.54, 1.807) is 0 Å². The largest absolute Gasteiger partial charge is 0.481 e. The molecule has 3 nitrogen and oxygen atoms in total. The van der Waals surface area contributed by atoms with E-state index in [1.165, 1.54) is 32.1 Å². The first-order valence-corrected chi connectivity index (χ1v) is 6.56. The maximum atomic E-state index is 10.8. The van der Waals surface area contributed by atoms with Crippen LogP contribution >= 0.6 is 0 Å². The molecule has 0 aliphatic heterocycles. The topological polar surface area (TPSA) is 63.3 Å². The van der Waals surface area contributed by atoms with Gasteiger partial charge >= 0.3 is 5.97 Å². The summed E-state index contributed by atoms with van der Waals surface area (Å²) in [6.45, 7) is 0. The highest BCUT2D eigenvalue weighted by atomic mass is 16.4. The fourth-order valence-corrected chi connectivity index (χ4v) is 4.97. The van der Waals surface area contributed by atoms with Crippen LogP contribution in [0.15, 0.2) is 0 Å². The highest BCUT2D eigenvalue weighted by molar-refractivity contribution is 5.66. The SMILES string of the molecule is NC1C2CC3CC(C2)CC1(CCC(=O)O)C3. The Labute approximate surface area is 96.4 Å². The summed E-state index contributed by atoms with van der Waals surface area (Å²) in [7, 11) is 0. The Morgan fingerprint density at radius 1 is 1.25 bits per heavy atom. The summed E-state index contributed by atoms with van der Waals surface area (Å²) >= 11 is 0. The Hall–Kier alpha value is -0.570. The maximum absolute atomic E-state index is 10.8. The van der Waals surface area contributed by atoms with Crippen LogP contribution in [0.1, 0.15) is 44.9 Å². The summed E-state index contributed by atoms with van der Waals surface area (Å²) in [6.07, 6.45) is 7.53. The Morgan fingerprint density at radius 2 is 1.88 bits per heavy atom. The smallest absolute Gasteiger partial charge is 0.303 e. The van der Waals surface area contributed by atoms with E-state index in [-0.39, 0.29) is 11.5 Å². The molecular weight excluding hydrogens is 202 g/mol. The van der Waals surface area contributed by atoms with Gasteiger partial charge in [0.1, 0.15) is 0 Å². The van der Waals surface area contributed by atoms with E-state index in [0.717, 1.165) is 18.3 Å². The minimum absolute atomic E-state index is 0.188. The average Bonchev–Trinajstić information content (AvgIpc) is 2.22. The molecule has 4 bridgehead atoms. The zero-order valence-electron chi connectivity index (χ0n) is 9.69. The van der Waals surface area contributed by atoms with Gasteiger partial charge in [-0.2, -0.15) is 0 Å². The van der Waals surface area contributed by atoms with Gasteiger partial charge < -0.3 is 10.8 Å². The molecule has 16 heavy (non-hydrogen) atoms. The van der Waals surface area contributed by atoms with Crippen molar-refractivity contribution in [2.75, 3.05) is 0 Å².